The molecule has 3 nitrogen and oxygen atoms in total. The second-order valence-corrected chi connectivity index (χ2v) is 3.21. The quantitative estimate of drug-likeness (QED) is 0.510. The molecule has 0 amide bonds. The summed E-state index contributed by atoms with van der Waals surface area (Å²) in [4.78, 5) is 10.2. The first-order chi connectivity index (χ1) is 6.79. The minimum absolute atomic E-state index is 0. The zero-order chi connectivity index (χ0) is 10.2. The van der Waals surface area contributed by atoms with E-state index in [2.05, 4.69) is 4.52 Å². The van der Waals surface area contributed by atoms with Crippen molar-refractivity contribution in [2.24, 2.45) is 5.50 Å². The molecule has 0 saturated heterocycles. The fourth-order valence-corrected chi connectivity index (χ4v) is 1.17. The van der Waals surface area contributed by atoms with E-state index in [9.17, 15) is 4.89 Å². The predicted octanol–water partition coefficient (Wildman–Crippen LogP) is 1.73. The summed E-state index contributed by atoms with van der Waals surface area (Å²) in [6, 6.07) is 17.0. The molecule has 1 unspecified atom stereocenters. The van der Waals surface area contributed by atoms with E-state index >= 15 is 0 Å². The first-order valence-corrected chi connectivity index (χ1v) is 5.32. The van der Waals surface area contributed by atoms with E-state index in [4.69, 9.17) is 5.50 Å². The zero-order valence-electron chi connectivity index (χ0n) is 7.89. The van der Waals surface area contributed by atoms with Gasteiger partial charge in [0.1, 0.15) is 0 Å². The molecule has 15 heavy (non-hydrogen) atoms. The molecule has 82 valence electrons. The molecule has 5 heteroatoms. The van der Waals surface area contributed by atoms with Crippen molar-refractivity contribution in [2.45, 2.75) is 0 Å². The van der Waals surface area contributed by atoms with Crippen LogP contribution >= 0.6 is 8.53 Å². The molecule has 0 aliphatic heterocycles. The van der Waals surface area contributed by atoms with E-state index < -0.39 is 8.53 Å². The van der Waals surface area contributed by atoms with Crippen LogP contribution in [-0.4, -0.2) is 0 Å². The first-order valence-electron chi connectivity index (χ1n) is 4.07. The third-order valence-corrected chi connectivity index (χ3v) is 1.77. The second-order valence-electron chi connectivity index (χ2n) is 2.46. The molecule has 0 aliphatic rings. The van der Waals surface area contributed by atoms with Crippen molar-refractivity contribution in [3.8, 4) is 5.75 Å². The van der Waals surface area contributed by atoms with Crippen molar-refractivity contribution >= 4 is 8.53 Å². The van der Waals surface area contributed by atoms with Crippen molar-refractivity contribution in [1.82, 2.24) is 0 Å². The monoisotopic (exact) mass is 264 g/mol. The molecule has 2 N–H and O–H groups in total. The van der Waals surface area contributed by atoms with Gasteiger partial charge < -0.3 is 9.42 Å². The molecule has 0 aliphatic carbocycles. The summed E-state index contributed by atoms with van der Waals surface area (Å²) in [5.41, 5.74) is 4.87. The van der Waals surface area contributed by atoms with Gasteiger partial charge in [0.15, 0.2) is 0 Å². The Hall–Kier alpha value is -0.631. The van der Waals surface area contributed by atoms with Crippen LogP contribution in [0.1, 0.15) is 0 Å². The molecular formula is C10H11FeNO2P-. The molecule has 0 fully saturated rings. The molecule has 0 radical (unpaired) electrons. The van der Waals surface area contributed by atoms with Gasteiger partial charge in [-0.25, -0.2) is 24.3 Å². The number of hydrogen-bond acceptors (Lipinski definition) is 3. The van der Waals surface area contributed by atoms with E-state index in [1.807, 2.05) is 30.3 Å². The van der Waals surface area contributed by atoms with Gasteiger partial charge in [0.05, 0.1) is 8.53 Å². The fourth-order valence-electron chi connectivity index (χ4n) is 0.842. The number of rotatable bonds is 2. The van der Waals surface area contributed by atoms with Crippen LogP contribution in [0.4, 0.5) is 0 Å². The topological polar surface area (TPSA) is 58.3 Å². The Morgan fingerprint density at radius 1 is 1.13 bits per heavy atom. The molecule has 0 spiro atoms. The average molecular weight is 264 g/mol. The van der Waals surface area contributed by atoms with Gasteiger partial charge in [-0.3, -0.25) is 5.50 Å². The Balaban J connectivity index is 0.000000280. The minimum atomic E-state index is -2.00. The normalized spacial score (nSPS) is 10.5. The number of hydrogen-bond donors (Lipinski definition) is 1. The van der Waals surface area contributed by atoms with Gasteiger partial charge >= 0.3 is 17.1 Å². The maximum absolute atomic E-state index is 10.2. The smallest absolute Gasteiger partial charge is 0.787 e. The third kappa shape index (κ3) is 7.32. The summed E-state index contributed by atoms with van der Waals surface area (Å²) >= 11 is 0. The van der Waals surface area contributed by atoms with Crippen LogP contribution in [0, 0.1) is 0 Å². The maximum Gasteiger partial charge on any atom is 2.00 e. The molecule has 1 atom stereocenters. The summed E-state index contributed by atoms with van der Waals surface area (Å²) in [7, 11) is -2.00. The Morgan fingerprint density at radius 2 is 1.67 bits per heavy atom. The van der Waals surface area contributed by atoms with Gasteiger partial charge in [0.2, 0.25) is 0 Å². The SMILES string of the molecule is NP([O-])O[c-]1cccc1.[Fe+2].c1cc[cH-]c1. The Labute approximate surface area is 101 Å². The predicted molar refractivity (Wildman–Crippen MR) is 55.8 cm³/mol. The molecule has 0 aromatic heterocycles. The molecule has 2 aromatic rings. The molecule has 2 aromatic carbocycles. The van der Waals surface area contributed by atoms with Crippen molar-refractivity contribution in [3.63, 3.8) is 0 Å². The van der Waals surface area contributed by atoms with Crippen molar-refractivity contribution in [3.05, 3.63) is 54.6 Å². The summed E-state index contributed by atoms with van der Waals surface area (Å²) in [6.45, 7) is 0. The van der Waals surface area contributed by atoms with Crippen LogP contribution in [0.15, 0.2) is 54.6 Å². The molecule has 0 bridgehead atoms. The zero-order valence-corrected chi connectivity index (χ0v) is 9.89. The summed E-state index contributed by atoms with van der Waals surface area (Å²) in [5.74, 6) is 0.554. The second kappa shape index (κ2) is 8.66. The average Bonchev–Trinajstić information content (AvgIpc) is 2.75. The van der Waals surface area contributed by atoms with Crippen LogP contribution in [0.25, 0.3) is 0 Å². The summed E-state index contributed by atoms with van der Waals surface area (Å²) in [5, 5.41) is 0. The summed E-state index contributed by atoms with van der Waals surface area (Å²) in [6.07, 6.45) is 0. The van der Waals surface area contributed by atoms with Crippen LogP contribution in [0.3, 0.4) is 0 Å². The Morgan fingerprint density at radius 3 is 2.00 bits per heavy atom. The molecule has 2 rings (SSSR count). The van der Waals surface area contributed by atoms with E-state index in [1.165, 1.54) is 0 Å². The van der Waals surface area contributed by atoms with E-state index in [1.54, 1.807) is 24.3 Å². The van der Waals surface area contributed by atoms with Gasteiger partial charge in [0, 0.05) is 5.75 Å². The van der Waals surface area contributed by atoms with Gasteiger partial charge in [-0.2, -0.15) is 18.2 Å². The summed E-state index contributed by atoms with van der Waals surface area (Å²) < 4.78 is 4.64. The Kier molecular flexibility index (Phi) is 8.30. The Bertz CT molecular complexity index is 291. The van der Waals surface area contributed by atoms with E-state index in [0.717, 1.165) is 0 Å². The minimum Gasteiger partial charge on any atom is -0.787 e. The maximum atomic E-state index is 10.2. The van der Waals surface area contributed by atoms with Crippen LogP contribution < -0.4 is 14.9 Å². The van der Waals surface area contributed by atoms with Crippen LogP contribution in [-0.2, 0) is 17.1 Å². The largest absolute Gasteiger partial charge is 2.00 e. The van der Waals surface area contributed by atoms with Gasteiger partial charge in [-0.15, -0.1) is 12.1 Å². The third-order valence-electron chi connectivity index (χ3n) is 1.38. The van der Waals surface area contributed by atoms with E-state index in [0.29, 0.717) is 5.75 Å². The van der Waals surface area contributed by atoms with Crippen LogP contribution in [0.5, 0.6) is 5.75 Å². The number of nitrogens with two attached hydrogens (primary N) is 1. The van der Waals surface area contributed by atoms with Gasteiger partial charge in [-0.1, -0.05) is 0 Å². The fraction of sp³-hybridized carbons (Fsp3) is 0. The van der Waals surface area contributed by atoms with Gasteiger partial charge in [0.25, 0.3) is 0 Å². The standard InChI is InChI=1S/C5H6NO2P.C5H5.Fe/c6-9(7)8-5-3-1-2-4-5;1-2-4-5-3-1;/h1-4H,6H2;1-5H;/q-2;-1;+2. The van der Waals surface area contributed by atoms with Crippen molar-refractivity contribution in [2.75, 3.05) is 0 Å². The first kappa shape index (κ1) is 14.4. The van der Waals surface area contributed by atoms with Crippen molar-refractivity contribution < 1.29 is 26.5 Å². The van der Waals surface area contributed by atoms with Crippen LogP contribution in [0.2, 0.25) is 0 Å². The van der Waals surface area contributed by atoms with Gasteiger partial charge in [-0.05, 0) is 0 Å². The molecule has 0 heterocycles. The molecule has 0 saturated carbocycles. The molecular weight excluding hydrogens is 253 g/mol. The van der Waals surface area contributed by atoms with E-state index in [-0.39, 0.29) is 17.1 Å². The van der Waals surface area contributed by atoms with Crippen molar-refractivity contribution in [1.29, 1.82) is 0 Å².